The SMILES string of the molecule is Cn1c(O)c2cc(Br)ccc2cc1=O. The number of hydrogen-bond acceptors (Lipinski definition) is 2. The normalized spacial score (nSPS) is 10.7. The molecule has 0 atom stereocenters. The molecule has 0 bridgehead atoms. The van der Waals surface area contributed by atoms with Crippen LogP contribution in [0, 0.1) is 0 Å². The van der Waals surface area contributed by atoms with Crippen LogP contribution in [0.3, 0.4) is 0 Å². The highest BCUT2D eigenvalue weighted by Crippen LogP contribution is 2.25. The lowest BCUT2D eigenvalue weighted by molar-refractivity contribution is 0.430. The fourth-order valence-electron chi connectivity index (χ4n) is 1.36. The van der Waals surface area contributed by atoms with Crippen molar-refractivity contribution in [1.29, 1.82) is 0 Å². The molecule has 0 amide bonds. The van der Waals surface area contributed by atoms with Gasteiger partial charge >= 0.3 is 0 Å². The molecule has 0 radical (unpaired) electrons. The summed E-state index contributed by atoms with van der Waals surface area (Å²) in [5.74, 6) is -0.00574. The summed E-state index contributed by atoms with van der Waals surface area (Å²) in [6.45, 7) is 0. The number of aromatic hydroxyl groups is 1. The number of hydrogen-bond donors (Lipinski definition) is 1. The van der Waals surface area contributed by atoms with Gasteiger partial charge in [-0.15, -0.1) is 0 Å². The zero-order chi connectivity index (χ0) is 10.3. The number of halogens is 1. The van der Waals surface area contributed by atoms with E-state index in [0.29, 0.717) is 5.39 Å². The summed E-state index contributed by atoms with van der Waals surface area (Å²) in [4.78, 5) is 11.3. The highest BCUT2D eigenvalue weighted by molar-refractivity contribution is 9.10. The van der Waals surface area contributed by atoms with Crippen LogP contribution in [0.2, 0.25) is 0 Å². The molecule has 2 aromatic rings. The lowest BCUT2D eigenvalue weighted by Crippen LogP contribution is -2.14. The van der Waals surface area contributed by atoms with Crippen LogP contribution in [-0.2, 0) is 7.05 Å². The molecular formula is C10H8BrNO2. The molecule has 1 N–H and O–H groups in total. The molecule has 2 rings (SSSR count). The van der Waals surface area contributed by atoms with Gasteiger partial charge in [-0.3, -0.25) is 9.36 Å². The molecule has 0 spiro atoms. The first-order valence-electron chi connectivity index (χ1n) is 4.08. The van der Waals surface area contributed by atoms with Crippen molar-refractivity contribution in [2.24, 2.45) is 7.05 Å². The average Bonchev–Trinajstić information content (AvgIpc) is 2.16. The Bertz CT molecular complexity index is 560. The van der Waals surface area contributed by atoms with Gasteiger partial charge in [0.05, 0.1) is 0 Å². The van der Waals surface area contributed by atoms with Crippen LogP contribution in [0.1, 0.15) is 0 Å². The summed E-state index contributed by atoms with van der Waals surface area (Å²) in [5.41, 5.74) is -0.211. The molecule has 4 heteroatoms. The summed E-state index contributed by atoms with van der Waals surface area (Å²) in [7, 11) is 1.54. The van der Waals surface area contributed by atoms with Crippen molar-refractivity contribution < 1.29 is 5.11 Å². The molecule has 0 fully saturated rings. The van der Waals surface area contributed by atoms with Gasteiger partial charge in [0.25, 0.3) is 5.56 Å². The van der Waals surface area contributed by atoms with Crippen molar-refractivity contribution >= 4 is 26.7 Å². The Balaban J connectivity index is 2.99. The lowest BCUT2D eigenvalue weighted by atomic mass is 10.2. The first-order chi connectivity index (χ1) is 6.59. The fraction of sp³-hybridized carbons (Fsp3) is 0.100. The minimum Gasteiger partial charge on any atom is -0.494 e. The van der Waals surface area contributed by atoms with Crippen molar-refractivity contribution in [2.75, 3.05) is 0 Å². The lowest BCUT2D eigenvalue weighted by Gasteiger charge is -2.05. The standard InChI is InChI=1S/C10H8BrNO2/c1-12-9(13)4-6-2-3-7(11)5-8(6)10(12)14/h2-5,14H,1H3. The summed E-state index contributed by atoms with van der Waals surface area (Å²) in [6.07, 6.45) is 0. The Hall–Kier alpha value is -1.29. The topological polar surface area (TPSA) is 42.2 Å². The zero-order valence-corrected chi connectivity index (χ0v) is 9.08. The number of nitrogens with zero attached hydrogens (tertiary/aromatic N) is 1. The Morgan fingerprint density at radius 2 is 2.07 bits per heavy atom. The minimum absolute atomic E-state index is 0.00574. The molecule has 0 saturated carbocycles. The van der Waals surface area contributed by atoms with Crippen LogP contribution in [0.15, 0.2) is 33.5 Å². The molecule has 0 aliphatic rings. The maximum atomic E-state index is 11.3. The van der Waals surface area contributed by atoms with Crippen molar-refractivity contribution in [3.8, 4) is 5.88 Å². The van der Waals surface area contributed by atoms with Crippen LogP contribution in [0.5, 0.6) is 5.88 Å². The van der Waals surface area contributed by atoms with Crippen molar-refractivity contribution in [3.63, 3.8) is 0 Å². The number of pyridine rings is 1. The smallest absolute Gasteiger partial charge is 0.253 e. The van der Waals surface area contributed by atoms with Gasteiger partial charge in [-0.05, 0) is 17.5 Å². The highest BCUT2D eigenvalue weighted by atomic mass is 79.9. The van der Waals surface area contributed by atoms with Gasteiger partial charge < -0.3 is 5.11 Å². The predicted octanol–water partition coefficient (Wildman–Crippen LogP) is 2.01. The van der Waals surface area contributed by atoms with Gasteiger partial charge in [-0.25, -0.2) is 0 Å². The van der Waals surface area contributed by atoms with Crippen molar-refractivity contribution in [2.45, 2.75) is 0 Å². The molecule has 1 aromatic carbocycles. The third-order valence-corrected chi connectivity index (χ3v) is 2.68. The van der Waals surface area contributed by atoms with E-state index in [0.717, 1.165) is 9.86 Å². The van der Waals surface area contributed by atoms with Gasteiger partial charge in [0.15, 0.2) is 0 Å². The third-order valence-electron chi connectivity index (χ3n) is 2.18. The second-order valence-corrected chi connectivity index (χ2v) is 4.01. The van der Waals surface area contributed by atoms with Gasteiger partial charge in [-0.2, -0.15) is 0 Å². The van der Waals surface area contributed by atoms with Crippen LogP contribution in [-0.4, -0.2) is 9.67 Å². The van der Waals surface area contributed by atoms with E-state index in [-0.39, 0.29) is 11.4 Å². The molecule has 72 valence electrons. The molecular weight excluding hydrogens is 246 g/mol. The highest BCUT2D eigenvalue weighted by Gasteiger charge is 2.05. The molecule has 14 heavy (non-hydrogen) atoms. The predicted molar refractivity (Wildman–Crippen MR) is 58.6 cm³/mol. The van der Waals surface area contributed by atoms with Crippen molar-refractivity contribution in [3.05, 3.63) is 39.1 Å². The Morgan fingerprint density at radius 1 is 1.36 bits per heavy atom. The van der Waals surface area contributed by atoms with E-state index in [4.69, 9.17) is 0 Å². The maximum Gasteiger partial charge on any atom is 0.253 e. The van der Waals surface area contributed by atoms with Gasteiger partial charge in [0, 0.05) is 23.0 Å². The van der Waals surface area contributed by atoms with Crippen molar-refractivity contribution in [1.82, 2.24) is 4.57 Å². The monoisotopic (exact) mass is 253 g/mol. The molecule has 0 saturated heterocycles. The van der Waals surface area contributed by atoms with Crippen LogP contribution < -0.4 is 5.56 Å². The van der Waals surface area contributed by atoms with Crippen LogP contribution in [0.25, 0.3) is 10.8 Å². The molecule has 1 aromatic heterocycles. The van der Waals surface area contributed by atoms with Gasteiger partial charge in [0.1, 0.15) is 0 Å². The maximum absolute atomic E-state index is 11.3. The third kappa shape index (κ3) is 1.32. The first kappa shape index (κ1) is 9.27. The first-order valence-corrected chi connectivity index (χ1v) is 4.87. The second-order valence-electron chi connectivity index (χ2n) is 3.10. The van der Waals surface area contributed by atoms with E-state index >= 15 is 0 Å². The fourth-order valence-corrected chi connectivity index (χ4v) is 1.72. The van der Waals surface area contributed by atoms with E-state index in [9.17, 15) is 9.90 Å². The van der Waals surface area contributed by atoms with E-state index in [1.807, 2.05) is 6.07 Å². The van der Waals surface area contributed by atoms with E-state index in [1.165, 1.54) is 17.7 Å². The number of fused-ring (bicyclic) bond motifs is 1. The molecule has 0 aliphatic heterocycles. The van der Waals surface area contributed by atoms with Gasteiger partial charge in [0.2, 0.25) is 5.88 Å². The van der Waals surface area contributed by atoms with E-state index in [1.54, 1.807) is 12.1 Å². The van der Waals surface area contributed by atoms with E-state index in [2.05, 4.69) is 15.9 Å². The number of aromatic nitrogens is 1. The van der Waals surface area contributed by atoms with Crippen LogP contribution >= 0.6 is 15.9 Å². The Kier molecular flexibility index (Phi) is 2.07. The van der Waals surface area contributed by atoms with Gasteiger partial charge in [-0.1, -0.05) is 22.0 Å². The summed E-state index contributed by atoms with van der Waals surface area (Å²) in [5, 5.41) is 11.1. The second kappa shape index (κ2) is 3.13. The number of rotatable bonds is 0. The largest absolute Gasteiger partial charge is 0.494 e. The van der Waals surface area contributed by atoms with Crippen LogP contribution in [0.4, 0.5) is 0 Å². The Morgan fingerprint density at radius 3 is 2.79 bits per heavy atom. The summed E-state index contributed by atoms with van der Waals surface area (Å²) >= 11 is 3.31. The molecule has 1 heterocycles. The molecule has 3 nitrogen and oxygen atoms in total. The summed E-state index contributed by atoms with van der Waals surface area (Å²) in [6, 6.07) is 6.91. The molecule has 0 aliphatic carbocycles. The molecule has 0 unspecified atom stereocenters. The number of benzene rings is 1. The summed E-state index contributed by atoms with van der Waals surface area (Å²) < 4.78 is 2.09. The Labute approximate surface area is 88.7 Å². The quantitative estimate of drug-likeness (QED) is 0.781. The average molecular weight is 254 g/mol. The van der Waals surface area contributed by atoms with E-state index < -0.39 is 0 Å². The zero-order valence-electron chi connectivity index (χ0n) is 7.49. The minimum atomic E-state index is -0.211.